The molecule has 2 amide bonds. The smallest absolute Gasteiger partial charge is 0.407 e. The number of sulfonamides is 1. The molecule has 3 aromatic rings. The molecule has 5 rings (SSSR count). The first kappa shape index (κ1) is 35.0. The molecule has 9 nitrogen and oxygen atoms in total. The van der Waals surface area contributed by atoms with Crippen molar-refractivity contribution in [2.45, 2.75) is 93.9 Å². The van der Waals surface area contributed by atoms with E-state index in [0.717, 1.165) is 43.2 Å². The average molecular weight is 737 g/mol. The fraction of sp³-hybridized carbons (Fsp3) is 0.471. The van der Waals surface area contributed by atoms with Crippen LogP contribution in [0.4, 0.5) is 13.6 Å². The maximum Gasteiger partial charge on any atom is 0.407 e. The molecule has 0 aromatic heterocycles. The molecule has 1 atom stereocenters. The lowest BCUT2D eigenvalue weighted by Crippen LogP contribution is -2.58. The monoisotopic (exact) mass is 735 g/mol. The summed E-state index contributed by atoms with van der Waals surface area (Å²) < 4.78 is 73.7. The molecule has 2 N–H and O–H groups in total. The van der Waals surface area contributed by atoms with Crippen LogP contribution in [0, 0.1) is 0 Å². The third-order valence-electron chi connectivity index (χ3n) is 8.34. The second kappa shape index (κ2) is 14.1. The fourth-order valence-corrected chi connectivity index (χ4v) is 7.37. The van der Waals surface area contributed by atoms with E-state index in [1.54, 1.807) is 39.0 Å². The predicted octanol–water partition coefficient (Wildman–Crippen LogP) is 6.88. The summed E-state index contributed by atoms with van der Waals surface area (Å²) in [7, 11) is -4.60. The molecule has 254 valence electrons. The lowest BCUT2D eigenvalue weighted by Gasteiger charge is -2.36. The quantitative estimate of drug-likeness (QED) is 0.248. The second-order valence-electron chi connectivity index (χ2n) is 13.1. The number of ether oxygens (including phenoxy) is 2. The van der Waals surface area contributed by atoms with Gasteiger partial charge in [-0.25, -0.2) is 13.2 Å². The van der Waals surface area contributed by atoms with Crippen LogP contribution in [0.5, 0.6) is 5.75 Å². The van der Waals surface area contributed by atoms with Gasteiger partial charge < -0.3 is 19.7 Å². The maximum atomic E-state index is 16.2. The molecular formula is C34H40BrF2N3O6S. The van der Waals surface area contributed by atoms with Crippen molar-refractivity contribution in [3.05, 3.63) is 70.7 Å². The van der Waals surface area contributed by atoms with Gasteiger partial charge in [0.1, 0.15) is 11.4 Å². The predicted molar refractivity (Wildman–Crippen MR) is 178 cm³/mol. The molecule has 1 heterocycles. The van der Waals surface area contributed by atoms with Gasteiger partial charge in [-0.05, 0) is 106 Å². The van der Waals surface area contributed by atoms with E-state index in [-0.39, 0.29) is 43.0 Å². The number of nitrogens with one attached hydrogen (secondary N) is 2. The Labute approximate surface area is 282 Å². The highest BCUT2D eigenvalue weighted by molar-refractivity contribution is 9.10. The number of benzene rings is 3. The van der Waals surface area contributed by atoms with Gasteiger partial charge in [0.25, 0.3) is 5.92 Å². The topological polar surface area (TPSA) is 114 Å². The molecule has 0 spiro atoms. The molecule has 47 heavy (non-hydrogen) atoms. The number of carbonyl (C=O) groups excluding carboxylic acids is 2. The first-order valence-corrected chi connectivity index (χ1v) is 18.0. The van der Waals surface area contributed by atoms with Crippen molar-refractivity contribution in [1.29, 1.82) is 0 Å². The van der Waals surface area contributed by atoms with Gasteiger partial charge in [0, 0.05) is 29.2 Å². The molecule has 0 radical (unpaired) electrons. The molecule has 1 aliphatic heterocycles. The Hall–Kier alpha value is -3.29. The highest BCUT2D eigenvalue weighted by Crippen LogP contribution is 2.35. The van der Waals surface area contributed by atoms with E-state index in [2.05, 4.69) is 26.0 Å². The summed E-state index contributed by atoms with van der Waals surface area (Å²) >= 11 is 3.23. The summed E-state index contributed by atoms with van der Waals surface area (Å²) in [5.41, 5.74) is -1.21. The molecule has 0 bridgehead atoms. The van der Waals surface area contributed by atoms with Gasteiger partial charge in [0.2, 0.25) is 15.9 Å². The van der Waals surface area contributed by atoms with Crippen LogP contribution in [0.15, 0.2) is 70.0 Å². The van der Waals surface area contributed by atoms with E-state index in [1.807, 2.05) is 6.07 Å². The lowest BCUT2D eigenvalue weighted by atomic mass is 9.98. The number of alkyl halides is 2. The van der Waals surface area contributed by atoms with E-state index >= 15 is 8.78 Å². The van der Waals surface area contributed by atoms with Crippen molar-refractivity contribution < 1.29 is 36.3 Å². The normalized spacial score (nSPS) is 17.4. The van der Waals surface area contributed by atoms with Crippen LogP contribution in [-0.4, -0.2) is 62.2 Å². The molecule has 2 aliphatic rings. The third kappa shape index (κ3) is 8.80. The minimum absolute atomic E-state index is 0.0369. The van der Waals surface area contributed by atoms with Crippen LogP contribution in [0.25, 0.3) is 10.8 Å². The van der Waals surface area contributed by atoms with Gasteiger partial charge in [0.15, 0.2) is 6.04 Å². The van der Waals surface area contributed by atoms with Gasteiger partial charge in [-0.15, -0.1) is 0 Å². The Kier molecular flexibility index (Phi) is 10.5. The Morgan fingerprint density at radius 2 is 1.53 bits per heavy atom. The van der Waals surface area contributed by atoms with Crippen LogP contribution in [0.2, 0.25) is 0 Å². The molecule has 1 saturated carbocycles. The number of likely N-dealkylation sites (tertiary alicyclic amines) is 1. The number of piperidine rings is 1. The van der Waals surface area contributed by atoms with Crippen LogP contribution in [0.1, 0.15) is 64.9 Å². The summed E-state index contributed by atoms with van der Waals surface area (Å²) in [6.45, 7) is 5.29. The SMILES string of the molecule is CC(C)(C)OC(=O)NC1CCN(C(=O)C(NS(=O)(=O)c2ccc3cc(OC4CCCC4)ccc3c2)C(F)(F)c2ccc(Br)cc2)CC1. The van der Waals surface area contributed by atoms with Gasteiger partial charge in [-0.2, -0.15) is 13.5 Å². The van der Waals surface area contributed by atoms with Crippen LogP contribution < -0.4 is 14.8 Å². The number of halogens is 3. The first-order valence-electron chi connectivity index (χ1n) is 15.8. The third-order valence-corrected chi connectivity index (χ3v) is 10.3. The Bertz CT molecular complexity index is 1700. The van der Waals surface area contributed by atoms with Gasteiger partial charge in [0.05, 0.1) is 11.0 Å². The zero-order chi connectivity index (χ0) is 34.0. The largest absolute Gasteiger partial charge is 0.490 e. The summed E-state index contributed by atoms with van der Waals surface area (Å²) in [6, 6.07) is 12.0. The zero-order valence-electron chi connectivity index (χ0n) is 26.6. The minimum atomic E-state index is -4.60. The standard InChI is InChI=1S/C34H40BrF2N3O6S/c1-33(2,3)46-32(42)38-26-16-18-40(19-17-26)31(41)30(34(36,37)24-10-12-25(35)13-11-24)39-47(43,44)29-15-9-22-20-28(14-8-23(22)21-29)45-27-6-4-5-7-27/h8-15,20-21,26-27,30,39H,4-7,16-19H2,1-3H3,(H,38,42). The number of fused-ring (bicyclic) bond motifs is 1. The van der Waals surface area contributed by atoms with Gasteiger partial charge >= 0.3 is 6.09 Å². The van der Waals surface area contributed by atoms with Gasteiger partial charge in [-0.1, -0.05) is 40.2 Å². The number of nitrogens with zero attached hydrogens (tertiary/aromatic N) is 1. The van der Waals surface area contributed by atoms with E-state index < -0.39 is 45.2 Å². The maximum absolute atomic E-state index is 16.2. The Morgan fingerprint density at radius 3 is 2.17 bits per heavy atom. The van der Waals surface area contributed by atoms with E-state index in [0.29, 0.717) is 15.6 Å². The lowest BCUT2D eigenvalue weighted by molar-refractivity contribution is -0.145. The van der Waals surface area contributed by atoms with E-state index in [1.165, 1.54) is 29.2 Å². The summed E-state index contributed by atoms with van der Waals surface area (Å²) in [6.07, 6.45) is 4.35. The van der Waals surface area contributed by atoms with E-state index in [4.69, 9.17) is 9.47 Å². The van der Waals surface area contributed by atoms with Crippen molar-refractivity contribution in [3.63, 3.8) is 0 Å². The van der Waals surface area contributed by atoms with Crippen molar-refractivity contribution in [2.75, 3.05) is 13.1 Å². The zero-order valence-corrected chi connectivity index (χ0v) is 29.0. The average Bonchev–Trinajstić information content (AvgIpc) is 3.52. The number of hydrogen-bond acceptors (Lipinski definition) is 6. The highest BCUT2D eigenvalue weighted by Gasteiger charge is 2.50. The van der Waals surface area contributed by atoms with Crippen molar-refractivity contribution in [3.8, 4) is 5.75 Å². The number of rotatable bonds is 9. The molecule has 1 aliphatic carbocycles. The Balaban J connectivity index is 1.36. The first-order chi connectivity index (χ1) is 22.1. The minimum Gasteiger partial charge on any atom is -0.490 e. The van der Waals surface area contributed by atoms with Crippen molar-refractivity contribution in [2.24, 2.45) is 0 Å². The summed E-state index contributed by atoms with van der Waals surface area (Å²) in [5, 5.41) is 4.06. The highest BCUT2D eigenvalue weighted by atomic mass is 79.9. The van der Waals surface area contributed by atoms with Crippen molar-refractivity contribution >= 4 is 48.7 Å². The van der Waals surface area contributed by atoms with Crippen LogP contribution >= 0.6 is 15.9 Å². The molecule has 13 heteroatoms. The Morgan fingerprint density at radius 1 is 0.915 bits per heavy atom. The molecular weight excluding hydrogens is 696 g/mol. The molecule has 2 fully saturated rings. The molecule has 3 aromatic carbocycles. The molecule has 1 saturated heterocycles. The van der Waals surface area contributed by atoms with E-state index in [9.17, 15) is 18.0 Å². The number of amides is 2. The fourth-order valence-electron chi connectivity index (χ4n) is 5.88. The molecule has 1 unspecified atom stereocenters. The number of carbonyl (C=O) groups is 2. The summed E-state index contributed by atoms with van der Waals surface area (Å²) in [5.74, 6) is -4.28. The van der Waals surface area contributed by atoms with Crippen LogP contribution in [-0.2, 0) is 25.5 Å². The summed E-state index contributed by atoms with van der Waals surface area (Å²) in [4.78, 5) is 27.0. The number of alkyl carbamates (subject to hydrolysis) is 1. The van der Waals surface area contributed by atoms with Gasteiger partial charge in [-0.3, -0.25) is 4.79 Å². The van der Waals surface area contributed by atoms with Crippen molar-refractivity contribution in [1.82, 2.24) is 14.9 Å². The number of hydrogen-bond donors (Lipinski definition) is 2. The van der Waals surface area contributed by atoms with Crippen LogP contribution in [0.3, 0.4) is 0 Å². The second-order valence-corrected chi connectivity index (χ2v) is 15.8.